The molecule has 1 aromatic rings. The van der Waals surface area contributed by atoms with E-state index < -0.39 is 0 Å². The Labute approximate surface area is 111 Å². The molecule has 0 aromatic heterocycles. The Morgan fingerprint density at radius 1 is 1.33 bits per heavy atom. The molecule has 0 saturated carbocycles. The molecule has 2 unspecified atom stereocenters. The molecule has 2 rings (SSSR count). The number of nitrogens with two attached hydrogens (primary N) is 1. The van der Waals surface area contributed by atoms with E-state index in [0.29, 0.717) is 12.0 Å². The molecule has 0 aliphatic carbocycles. The van der Waals surface area contributed by atoms with Gasteiger partial charge in [0.15, 0.2) is 0 Å². The fourth-order valence-electron chi connectivity index (χ4n) is 2.87. The van der Waals surface area contributed by atoms with E-state index in [0.717, 1.165) is 13.1 Å². The Morgan fingerprint density at radius 2 is 2.06 bits per heavy atom. The molecule has 1 heterocycles. The van der Waals surface area contributed by atoms with Crippen molar-refractivity contribution in [1.29, 1.82) is 0 Å². The van der Waals surface area contributed by atoms with Gasteiger partial charge >= 0.3 is 0 Å². The van der Waals surface area contributed by atoms with Gasteiger partial charge in [-0.1, -0.05) is 37.6 Å². The zero-order chi connectivity index (χ0) is 13.0. The van der Waals surface area contributed by atoms with Gasteiger partial charge in [0.2, 0.25) is 0 Å². The van der Waals surface area contributed by atoms with Gasteiger partial charge in [0.25, 0.3) is 0 Å². The van der Waals surface area contributed by atoms with Crippen LogP contribution in [0, 0.1) is 5.92 Å². The normalized spacial score (nSPS) is 22.3. The van der Waals surface area contributed by atoms with Crippen molar-refractivity contribution in [3.63, 3.8) is 0 Å². The molecule has 18 heavy (non-hydrogen) atoms. The molecule has 0 radical (unpaired) electrons. The van der Waals surface area contributed by atoms with E-state index in [2.05, 4.69) is 43.0 Å². The summed E-state index contributed by atoms with van der Waals surface area (Å²) >= 11 is 0. The highest BCUT2D eigenvalue weighted by Gasteiger charge is 2.25. The van der Waals surface area contributed by atoms with Crippen LogP contribution in [0.1, 0.15) is 43.9 Å². The molecule has 0 amide bonds. The smallest absolute Gasteiger partial charge is 0.0320 e. The first kappa shape index (κ1) is 13.6. The molecule has 2 atom stereocenters. The van der Waals surface area contributed by atoms with Crippen molar-refractivity contribution in [2.45, 2.75) is 39.2 Å². The van der Waals surface area contributed by atoms with Crippen molar-refractivity contribution in [1.82, 2.24) is 4.90 Å². The zero-order valence-corrected chi connectivity index (χ0v) is 11.7. The first-order chi connectivity index (χ1) is 8.74. The van der Waals surface area contributed by atoms with Gasteiger partial charge in [0.05, 0.1) is 0 Å². The van der Waals surface area contributed by atoms with Gasteiger partial charge in [0.1, 0.15) is 0 Å². The minimum Gasteiger partial charge on any atom is -0.330 e. The highest BCUT2D eigenvalue weighted by molar-refractivity contribution is 5.25. The van der Waals surface area contributed by atoms with Crippen molar-refractivity contribution in [2.24, 2.45) is 11.7 Å². The van der Waals surface area contributed by atoms with Crippen LogP contribution in [0.2, 0.25) is 0 Å². The number of hydrogen-bond donors (Lipinski definition) is 1. The summed E-state index contributed by atoms with van der Waals surface area (Å²) in [6.45, 7) is 7.73. The van der Waals surface area contributed by atoms with E-state index in [1.165, 1.54) is 36.9 Å². The number of aryl methyl sites for hydroxylation is 1. The molecule has 1 saturated heterocycles. The Kier molecular flexibility index (Phi) is 4.79. The lowest BCUT2D eigenvalue weighted by atomic mass is 10.0. The monoisotopic (exact) mass is 246 g/mol. The van der Waals surface area contributed by atoms with Gasteiger partial charge in [-0.3, -0.25) is 4.90 Å². The van der Waals surface area contributed by atoms with E-state index in [1.54, 1.807) is 0 Å². The summed E-state index contributed by atoms with van der Waals surface area (Å²) in [5.74, 6) is 0.701. The molecular formula is C16H26N2. The predicted octanol–water partition coefficient (Wildman–Crippen LogP) is 2.98. The van der Waals surface area contributed by atoms with Crippen molar-refractivity contribution >= 4 is 0 Å². The zero-order valence-electron chi connectivity index (χ0n) is 11.7. The summed E-state index contributed by atoms with van der Waals surface area (Å²) in [6, 6.07) is 9.69. The Hall–Kier alpha value is -0.860. The maximum absolute atomic E-state index is 5.76. The number of hydrogen-bond acceptors (Lipinski definition) is 2. The molecule has 1 aliphatic heterocycles. The number of benzene rings is 1. The highest BCUT2D eigenvalue weighted by Crippen LogP contribution is 2.27. The van der Waals surface area contributed by atoms with Crippen molar-refractivity contribution in [3.8, 4) is 0 Å². The number of rotatable bonds is 5. The largest absolute Gasteiger partial charge is 0.330 e. The Morgan fingerprint density at radius 3 is 2.61 bits per heavy atom. The topological polar surface area (TPSA) is 29.3 Å². The molecular weight excluding hydrogens is 220 g/mol. The number of nitrogens with zero attached hydrogens (tertiary/aromatic N) is 1. The standard InChI is InChI=1S/C16H26N2/c1-3-4-14-5-7-16(8-6-14)13(2)18-10-9-15(11-17)12-18/h5-8,13,15H,3-4,9-12,17H2,1-2H3. The molecule has 1 aromatic carbocycles. The lowest BCUT2D eigenvalue weighted by Crippen LogP contribution is -2.26. The van der Waals surface area contributed by atoms with Crippen LogP contribution < -0.4 is 5.73 Å². The average Bonchev–Trinajstić information content (AvgIpc) is 2.88. The number of likely N-dealkylation sites (tertiary alicyclic amines) is 1. The second-order valence-corrected chi connectivity index (χ2v) is 5.55. The summed E-state index contributed by atoms with van der Waals surface area (Å²) in [4.78, 5) is 2.56. The third-order valence-electron chi connectivity index (χ3n) is 4.20. The van der Waals surface area contributed by atoms with Gasteiger partial charge in [0, 0.05) is 12.6 Å². The molecule has 0 spiro atoms. The maximum atomic E-state index is 5.76. The minimum absolute atomic E-state index is 0.525. The van der Waals surface area contributed by atoms with Crippen LogP contribution in [0.4, 0.5) is 0 Å². The predicted molar refractivity (Wildman–Crippen MR) is 77.6 cm³/mol. The van der Waals surface area contributed by atoms with Crippen LogP contribution in [0.25, 0.3) is 0 Å². The SMILES string of the molecule is CCCc1ccc(C(C)N2CCC(CN)C2)cc1. The Balaban J connectivity index is 1.98. The highest BCUT2D eigenvalue weighted by atomic mass is 15.2. The van der Waals surface area contributed by atoms with Gasteiger partial charge < -0.3 is 5.73 Å². The van der Waals surface area contributed by atoms with E-state index >= 15 is 0 Å². The molecule has 1 fully saturated rings. The summed E-state index contributed by atoms with van der Waals surface area (Å²) in [7, 11) is 0. The molecule has 2 N–H and O–H groups in total. The fourth-order valence-corrected chi connectivity index (χ4v) is 2.87. The fraction of sp³-hybridized carbons (Fsp3) is 0.625. The first-order valence-electron chi connectivity index (χ1n) is 7.27. The van der Waals surface area contributed by atoms with Crippen LogP contribution >= 0.6 is 0 Å². The third-order valence-corrected chi connectivity index (χ3v) is 4.20. The van der Waals surface area contributed by atoms with Gasteiger partial charge in [-0.25, -0.2) is 0 Å². The molecule has 0 bridgehead atoms. The van der Waals surface area contributed by atoms with Crippen LogP contribution in [0.5, 0.6) is 0 Å². The van der Waals surface area contributed by atoms with Crippen LogP contribution in [-0.2, 0) is 6.42 Å². The summed E-state index contributed by atoms with van der Waals surface area (Å²) in [5.41, 5.74) is 8.65. The third kappa shape index (κ3) is 3.12. The first-order valence-corrected chi connectivity index (χ1v) is 7.27. The van der Waals surface area contributed by atoms with Gasteiger partial charge in [-0.05, 0) is 49.9 Å². The second-order valence-electron chi connectivity index (χ2n) is 5.55. The second kappa shape index (κ2) is 6.35. The van der Waals surface area contributed by atoms with E-state index in [9.17, 15) is 0 Å². The van der Waals surface area contributed by atoms with E-state index in [4.69, 9.17) is 5.73 Å². The summed E-state index contributed by atoms with van der Waals surface area (Å²) < 4.78 is 0. The average molecular weight is 246 g/mol. The lowest BCUT2D eigenvalue weighted by Gasteiger charge is -2.25. The molecule has 1 aliphatic rings. The van der Waals surface area contributed by atoms with Crippen LogP contribution in [-0.4, -0.2) is 24.5 Å². The van der Waals surface area contributed by atoms with Crippen molar-refractivity contribution < 1.29 is 0 Å². The molecule has 100 valence electrons. The van der Waals surface area contributed by atoms with Crippen LogP contribution in [0.15, 0.2) is 24.3 Å². The quantitative estimate of drug-likeness (QED) is 0.865. The van der Waals surface area contributed by atoms with E-state index in [-0.39, 0.29) is 0 Å². The summed E-state index contributed by atoms with van der Waals surface area (Å²) in [5, 5.41) is 0. The van der Waals surface area contributed by atoms with Crippen LogP contribution in [0.3, 0.4) is 0 Å². The van der Waals surface area contributed by atoms with Gasteiger partial charge in [-0.2, -0.15) is 0 Å². The Bertz CT molecular complexity index is 358. The summed E-state index contributed by atoms with van der Waals surface area (Å²) in [6.07, 6.45) is 3.67. The maximum Gasteiger partial charge on any atom is 0.0320 e. The lowest BCUT2D eigenvalue weighted by molar-refractivity contribution is 0.253. The molecule has 2 heteroatoms. The van der Waals surface area contributed by atoms with E-state index in [1.807, 2.05) is 0 Å². The van der Waals surface area contributed by atoms with Gasteiger partial charge in [-0.15, -0.1) is 0 Å². The minimum atomic E-state index is 0.525. The van der Waals surface area contributed by atoms with Crippen molar-refractivity contribution in [3.05, 3.63) is 35.4 Å². The van der Waals surface area contributed by atoms with Crippen molar-refractivity contribution in [2.75, 3.05) is 19.6 Å². The molecule has 2 nitrogen and oxygen atoms in total.